The van der Waals surface area contributed by atoms with E-state index in [2.05, 4.69) is 34.0 Å². The highest BCUT2D eigenvalue weighted by atomic mass is 32.2. The van der Waals surface area contributed by atoms with Gasteiger partial charge in [-0.2, -0.15) is 0 Å². The number of rotatable bonds is 9. The Morgan fingerprint density at radius 1 is 1.28 bits per heavy atom. The highest BCUT2D eigenvalue weighted by Gasteiger charge is 1.99. The van der Waals surface area contributed by atoms with E-state index in [4.69, 9.17) is 0 Å². The number of hydrogen-bond donors (Lipinski definition) is 1. The van der Waals surface area contributed by atoms with Gasteiger partial charge in [-0.3, -0.25) is 0 Å². The topological polar surface area (TPSA) is 41.0 Å². The normalized spacial score (nSPS) is 11.1. The predicted molar refractivity (Wildman–Crippen MR) is 78.2 cm³/mol. The van der Waals surface area contributed by atoms with E-state index in [0.717, 1.165) is 49.3 Å². The number of aryl methyl sites for hydroxylation is 1. The molecule has 1 N–H and O–H groups in total. The predicted octanol–water partition coefficient (Wildman–Crippen LogP) is 1.81. The van der Waals surface area contributed by atoms with E-state index in [9.17, 15) is 0 Å². The van der Waals surface area contributed by atoms with Crippen molar-refractivity contribution in [1.82, 2.24) is 20.2 Å². The summed E-state index contributed by atoms with van der Waals surface area (Å²) in [5, 5.41) is 4.33. The van der Waals surface area contributed by atoms with Crippen molar-refractivity contribution in [2.75, 3.05) is 38.5 Å². The third-order valence-electron chi connectivity index (χ3n) is 2.78. The van der Waals surface area contributed by atoms with Gasteiger partial charge < -0.3 is 10.2 Å². The number of thioether (sulfide) groups is 1. The Hall–Kier alpha value is -0.650. The molecular formula is C13H24N4S. The molecule has 0 spiro atoms. The van der Waals surface area contributed by atoms with Gasteiger partial charge in [0.1, 0.15) is 0 Å². The van der Waals surface area contributed by atoms with Crippen LogP contribution in [0.25, 0.3) is 0 Å². The smallest absolute Gasteiger partial charge is 0.187 e. The molecule has 0 atom stereocenters. The van der Waals surface area contributed by atoms with E-state index >= 15 is 0 Å². The van der Waals surface area contributed by atoms with Crippen molar-refractivity contribution in [2.24, 2.45) is 0 Å². The van der Waals surface area contributed by atoms with Gasteiger partial charge in [-0.05, 0) is 26.1 Å². The van der Waals surface area contributed by atoms with E-state index in [1.165, 1.54) is 0 Å². The third-order valence-corrected chi connectivity index (χ3v) is 3.65. The van der Waals surface area contributed by atoms with E-state index < -0.39 is 0 Å². The maximum atomic E-state index is 4.36. The van der Waals surface area contributed by atoms with Gasteiger partial charge in [-0.15, -0.1) is 0 Å². The van der Waals surface area contributed by atoms with Crippen molar-refractivity contribution >= 4 is 11.8 Å². The van der Waals surface area contributed by atoms with Crippen LogP contribution in [0.5, 0.6) is 0 Å². The maximum absolute atomic E-state index is 4.36. The van der Waals surface area contributed by atoms with Gasteiger partial charge in [0.15, 0.2) is 5.16 Å². The summed E-state index contributed by atoms with van der Waals surface area (Å²) in [4.78, 5) is 11.0. The van der Waals surface area contributed by atoms with E-state index in [1.807, 2.05) is 19.2 Å². The summed E-state index contributed by atoms with van der Waals surface area (Å²) < 4.78 is 0. The summed E-state index contributed by atoms with van der Waals surface area (Å²) >= 11 is 1.71. The first-order valence-corrected chi connectivity index (χ1v) is 7.60. The molecule has 1 aromatic rings. The highest BCUT2D eigenvalue weighted by molar-refractivity contribution is 7.99. The minimum atomic E-state index is 0.876. The van der Waals surface area contributed by atoms with Crippen LogP contribution >= 0.6 is 11.8 Å². The Morgan fingerprint density at radius 2 is 2.06 bits per heavy atom. The molecule has 0 aliphatic heterocycles. The summed E-state index contributed by atoms with van der Waals surface area (Å²) in [6.07, 6.45) is 1.82. The lowest BCUT2D eigenvalue weighted by Crippen LogP contribution is -2.32. The Bertz CT molecular complexity index is 329. The molecule has 0 saturated heterocycles. The molecule has 0 bridgehead atoms. The second kappa shape index (κ2) is 9.30. The van der Waals surface area contributed by atoms with Crippen LogP contribution < -0.4 is 5.32 Å². The second-order valence-corrected chi connectivity index (χ2v) is 5.17. The molecule has 1 heterocycles. The van der Waals surface area contributed by atoms with Crippen molar-refractivity contribution in [1.29, 1.82) is 0 Å². The molecule has 18 heavy (non-hydrogen) atoms. The van der Waals surface area contributed by atoms with Crippen LogP contribution in [-0.2, 0) is 0 Å². The first-order chi connectivity index (χ1) is 8.76. The fourth-order valence-corrected chi connectivity index (χ4v) is 2.38. The van der Waals surface area contributed by atoms with E-state index in [-0.39, 0.29) is 0 Å². The van der Waals surface area contributed by atoms with Gasteiger partial charge in [-0.1, -0.05) is 25.6 Å². The molecular weight excluding hydrogens is 244 g/mol. The lowest BCUT2D eigenvalue weighted by Gasteiger charge is -2.17. The van der Waals surface area contributed by atoms with Crippen molar-refractivity contribution in [3.8, 4) is 0 Å². The molecule has 1 aromatic heterocycles. The Kier molecular flexibility index (Phi) is 7.96. The van der Waals surface area contributed by atoms with Gasteiger partial charge in [0, 0.05) is 37.3 Å². The van der Waals surface area contributed by atoms with Crippen LogP contribution in [0.3, 0.4) is 0 Å². The Morgan fingerprint density at radius 3 is 2.72 bits per heavy atom. The van der Waals surface area contributed by atoms with E-state index in [1.54, 1.807) is 11.8 Å². The Balaban J connectivity index is 2.05. The highest BCUT2D eigenvalue weighted by Crippen LogP contribution is 2.10. The summed E-state index contributed by atoms with van der Waals surface area (Å²) in [7, 11) is 0. The zero-order valence-corrected chi connectivity index (χ0v) is 12.5. The minimum absolute atomic E-state index is 0.876. The molecule has 0 unspecified atom stereocenters. The van der Waals surface area contributed by atoms with Crippen LogP contribution in [0.1, 0.15) is 19.5 Å². The summed E-state index contributed by atoms with van der Waals surface area (Å²) in [5.41, 5.74) is 1.03. The average Bonchev–Trinajstić information content (AvgIpc) is 2.38. The molecule has 102 valence electrons. The molecule has 4 nitrogen and oxygen atoms in total. The van der Waals surface area contributed by atoms with Gasteiger partial charge in [-0.25, -0.2) is 9.97 Å². The van der Waals surface area contributed by atoms with Crippen molar-refractivity contribution in [2.45, 2.75) is 25.9 Å². The SMILES string of the molecule is CCN(CC)CCNCCSc1nccc(C)n1. The van der Waals surface area contributed by atoms with Crippen LogP contribution in [0.15, 0.2) is 17.4 Å². The molecule has 0 aliphatic rings. The van der Waals surface area contributed by atoms with Crippen molar-refractivity contribution < 1.29 is 0 Å². The molecule has 0 radical (unpaired) electrons. The lowest BCUT2D eigenvalue weighted by molar-refractivity contribution is 0.303. The average molecular weight is 268 g/mol. The fraction of sp³-hybridized carbons (Fsp3) is 0.692. The largest absolute Gasteiger partial charge is 0.315 e. The second-order valence-electron chi connectivity index (χ2n) is 4.11. The van der Waals surface area contributed by atoms with E-state index in [0.29, 0.717) is 0 Å². The van der Waals surface area contributed by atoms with Crippen LogP contribution in [0.4, 0.5) is 0 Å². The summed E-state index contributed by atoms with van der Waals surface area (Å²) in [5.74, 6) is 1.02. The van der Waals surface area contributed by atoms with Gasteiger partial charge in [0.05, 0.1) is 0 Å². The summed E-state index contributed by atoms with van der Waals surface area (Å²) in [6, 6.07) is 1.92. The first-order valence-electron chi connectivity index (χ1n) is 6.61. The monoisotopic (exact) mass is 268 g/mol. The molecule has 0 fully saturated rings. The van der Waals surface area contributed by atoms with Crippen molar-refractivity contribution in [3.05, 3.63) is 18.0 Å². The minimum Gasteiger partial charge on any atom is -0.315 e. The number of hydrogen-bond acceptors (Lipinski definition) is 5. The van der Waals surface area contributed by atoms with Crippen molar-refractivity contribution in [3.63, 3.8) is 0 Å². The molecule has 0 saturated carbocycles. The third kappa shape index (κ3) is 6.33. The molecule has 0 aliphatic carbocycles. The number of nitrogens with zero attached hydrogens (tertiary/aromatic N) is 3. The number of nitrogens with one attached hydrogen (secondary N) is 1. The molecule has 0 amide bonds. The first kappa shape index (κ1) is 15.4. The maximum Gasteiger partial charge on any atom is 0.187 e. The number of aromatic nitrogens is 2. The standard InChI is InChI=1S/C13H24N4S/c1-4-17(5-2)10-8-14-9-11-18-13-15-7-6-12(3)16-13/h6-7,14H,4-5,8-11H2,1-3H3. The zero-order valence-electron chi connectivity index (χ0n) is 11.6. The van der Waals surface area contributed by atoms with Gasteiger partial charge in [0.2, 0.25) is 0 Å². The molecule has 1 rings (SSSR count). The van der Waals surface area contributed by atoms with Crippen LogP contribution in [0, 0.1) is 6.92 Å². The molecule has 0 aromatic carbocycles. The number of likely N-dealkylation sites (N-methyl/N-ethyl adjacent to an activating group) is 1. The van der Waals surface area contributed by atoms with Gasteiger partial charge >= 0.3 is 0 Å². The van der Waals surface area contributed by atoms with Crippen LogP contribution in [-0.4, -0.2) is 53.3 Å². The zero-order chi connectivity index (χ0) is 13.2. The molecule has 5 heteroatoms. The van der Waals surface area contributed by atoms with Gasteiger partial charge in [0.25, 0.3) is 0 Å². The van der Waals surface area contributed by atoms with Crippen LogP contribution in [0.2, 0.25) is 0 Å². The quantitative estimate of drug-likeness (QED) is 0.420. The lowest BCUT2D eigenvalue weighted by atomic mass is 10.4. The fourth-order valence-electron chi connectivity index (χ4n) is 1.61. The Labute approximate surface area is 115 Å². The summed E-state index contributed by atoms with van der Waals surface area (Å²) in [6.45, 7) is 11.8.